The molecule has 1 heterocycles. The van der Waals surface area contributed by atoms with Crippen molar-refractivity contribution in [1.29, 1.82) is 0 Å². The summed E-state index contributed by atoms with van der Waals surface area (Å²) in [7, 11) is -3.87. The zero-order valence-electron chi connectivity index (χ0n) is 10.9. The number of hydrogen-bond donors (Lipinski definition) is 2. The van der Waals surface area contributed by atoms with Crippen LogP contribution < -0.4 is 11.1 Å². The molecule has 0 atom stereocenters. The van der Waals surface area contributed by atoms with Gasteiger partial charge in [0.15, 0.2) is 4.91 Å². The molecular formula is C15H12N2O3S. The van der Waals surface area contributed by atoms with Gasteiger partial charge in [-0.25, -0.2) is 8.42 Å². The fourth-order valence-electron chi connectivity index (χ4n) is 2.25. The average molecular weight is 300 g/mol. The minimum absolute atomic E-state index is 0.0148. The Morgan fingerprint density at radius 2 is 1.57 bits per heavy atom. The highest BCUT2D eigenvalue weighted by Crippen LogP contribution is 2.36. The fraction of sp³-hybridized carbons (Fsp3) is 0. The smallest absolute Gasteiger partial charge is 0.269 e. The first kappa shape index (κ1) is 13.4. The number of hydrogen-bond acceptors (Lipinski definition) is 4. The van der Waals surface area contributed by atoms with Gasteiger partial charge in [0, 0.05) is 11.3 Å². The molecule has 0 saturated carbocycles. The summed E-state index contributed by atoms with van der Waals surface area (Å²) in [6.07, 6.45) is 0. The minimum atomic E-state index is -3.87. The van der Waals surface area contributed by atoms with Gasteiger partial charge in [-0.2, -0.15) is 0 Å². The Labute approximate surface area is 122 Å². The first-order valence-corrected chi connectivity index (χ1v) is 7.71. The summed E-state index contributed by atoms with van der Waals surface area (Å²) in [5.74, 6) is -0.727. The van der Waals surface area contributed by atoms with E-state index in [-0.39, 0.29) is 10.6 Å². The SMILES string of the molecule is NC1=C(C(=O)Nc2ccccc2)S(=O)(=O)c2ccccc21. The van der Waals surface area contributed by atoms with E-state index < -0.39 is 20.6 Å². The fourth-order valence-corrected chi connectivity index (χ4v) is 3.89. The van der Waals surface area contributed by atoms with Crippen molar-refractivity contribution in [1.82, 2.24) is 0 Å². The Kier molecular flexibility index (Phi) is 3.03. The highest BCUT2D eigenvalue weighted by atomic mass is 32.2. The van der Waals surface area contributed by atoms with Gasteiger partial charge in [0.05, 0.1) is 10.6 Å². The molecule has 2 aromatic carbocycles. The Balaban J connectivity index is 2.04. The predicted octanol–water partition coefficient (Wildman–Crippen LogP) is 1.74. The lowest BCUT2D eigenvalue weighted by molar-refractivity contribution is -0.112. The van der Waals surface area contributed by atoms with E-state index in [1.807, 2.05) is 0 Å². The number of carbonyl (C=O) groups is 1. The number of nitrogens with one attached hydrogen (secondary N) is 1. The highest BCUT2D eigenvalue weighted by molar-refractivity contribution is 7.97. The second kappa shape index (κ2) is 4.75. The first-order chi connectivity index (χ1) is 10.0. The van der Waals surface area contributed by atoms with Gasteiger partial charge >= 0.3 is 0 Å². The number of nitrogens with two attached hydrogens (primary N) is 1. The maximum Gasteiger partial charge on any atom is 0.269 e. The molecule has 3 rings (SSSR count). The number of sulfone groups is 1. The molecule has 0 spiro atoms. The van der Waals surface area contributed by atoms with Gasteiger partial charge in [-0.15, -0.1) is 0 Å². The van der Waals surface area contributed by atoms with Crippen LogP contribution in [0.1, 0.15) is 5.56 Å². The Hall–Kier alpha value is -2.60. The Bertz CT molecular complexity index is 855. The van der Waals surface area contributed by atoms with Gasteiger partial charge in [0.2, 0.25) is 9.84 Å². The van der Waals surface area contributed by atoms with Crippen LogP contribution in [0.3, 0.4) is 0 Å². The van der Waals surface area contributed by atoms with E-state index in [2.05, 4.69) is 5.32 Å². The van der Waals surface area contributed by atoms with Crippen LogP contribution in [0.25, 0.3) is 5.70 Å². The van der Waals surface area contributed by atoms with Crippen LogP contribution in [0.2, 0.25) is 0 Å². The second-order valence-electron chi connectivity index (χ2n) is 4.56. The van der Waals surface area contributed by atoms with Crippen LogP contribution in [-0.4, -0.2) is 14.3 Å². The van der Waals surface area contributed by atoms with Crippen molar-refractivity contribution < 1.29 is 13.2 Å². The molecule has 1 amide bonds. The number of benzene rings is 2. The third kappa shape index (κ3) is 2.09. The van der Waals surface area contributed by atoms with Crippen molar-refractivity contribution in [3.8, 4) is 0 Å². The zero-order valence-corrected chi connectivity index (χ0v) is 11.7. The molecule has 0 bridgehead atoms. The summed E-state index contributed by atoms with van der Waals surface area (Å²) in [5.41, 5.74) is 6.72. The van der Waals surface area contributed by atoms with E-state index in [0.717, 1.165) is 0 Å². The molecule has 106 valence electrons. The quantitative estimate of drug-likeness (QED) is 0.884. The summed E-state index contributed by atoms with van der Waals surface area (Å²) in [4.78, 5) is 12.0. The van der Waals surface area contributed by atoms with E-state index in [1.165, 1.54) is 6.07 Å². The van der Waals surface area contributed by atoms with Crippen molar-refractivity contribution in [2.45, 2.75) is 4.90 Å². The molecule has 3 N–H and O–H groups in total. The molecule has 0 saturated heterocycles. The maximum absolute atomic E-state index is 12.4. The van der Waals surface area contributed by atoms with Gasteiger partial charge in [0.25, 0.3) is 5.91 Å². The number of amides is 1. The van der Waals surface area contributed by atoms with Crippen LogP contribution in [0.4, 0.5) is 5.69 Å². The van der Waals surface area contributed by atoms with E-state index in [0.29, 0.717) is 11.3 Å². The molecule has 6 heteroatoms. The monoisotopic (exact) mass is 300 g/mol. The average Bonchev–Trinajstić information content (AvgIpc) is 2.68. The standard InChI is InChI=1S/C15H12N2O3S/c16-13-11-8-4-5-9-12(11)21(19,20)14(13)15(18)17-10-6-2-1-3-7-10/h1-9H,16H2,(H,17,18). The van der Waals surface area contributed by atoms with E-state index >= 15 is 0 Å². The second-order valence-corrected chi connectivity index (χ2v) is 6.42. The largest absolute Gasteiger partial charge is 0.397 e. The summed E-state index contributed by atoms with van der Waals surface area (Å²) < 4.78 is 24.9. The van der Waals surface area contributed by atoms with E-state index in [1.54, 1.807) is 48.5 Å². The summed E-state index contributed by atoms with van der Waals surface area (Å²) >= 11 is 0. The Morgan fingerprint density at radius 1 is 0.952 bits per heavy atom. The zero-order chi connectivity index (χ0) is 15.0. The Morgan fingerprint density at radius 3 is 2.24 bits per heavy atom. The molecule has 1 aliphatic rings. The lowest BCUT2D eigenvalue weighted by Gasteiger charge is -2.06. The number of rotatable bonds is 2. The number of anilines is 1. The molecule has 0 aromatic heterocycles. The minimum Gasteiger partial charge on any atom is -0.397 e. The number of para-hydroxylation sites is 1. The predicted molar refractivity (Wildman–Crippen MR) is 79.8 cm³/mol. The van der Waals surface area contributed by atoms with Crippen LogP contribution in [-0.2, 0) is 14.6 Å². The van der Waals surface area contributed by atoms with Gasteiger partial charge < -0.3 is 11.1 Å². The molecular weight excluding hydrogens is 288 g/mol. The van der Waals surface area contributed by atoms with Crippen molar-refractivity contribution in [2.24, 2.45) is 5.73 Å². The van der Waals surface area contributed by atoms with Gasteiger partial charge in [-0.3, -0.25) is 4.79 Å². The van der Waals surface area contributed by atoms with Crippen LogP contribution >= 0.6 is 0 Å². The third-order valence-electron chi connectivity index (χ3n) is 3.22. The molecule has 1 aliphatic heterocycles. The van der Waals surface area contributed by atoms with E-state index in [4.69, 9.17) is 5.73 Å². The lowest BCUT2D eigenvalue weighted by Crippen LogP contribution is -2.20. The third-order valence-corrected chi connectivity index (χ3v) is 5.10. The van der Waals surface area contributed by atoms with Gasteiger partial charge in [-0.1, -0.05) is 36.4 Å². The first-order valence-electron chi connectivity index (χ1n) is 6.22. The van der Waals surface area contributed by atoms with Crippen molar-refractivity contribution in [3.05, 3.63) is 65.1 Å². The van der Waals surface area contributed by atoms with Crippen LogP contribution in [0, 0.1) is 0 Å². The van der Waals surface area contributed by atoms with Crippen molar-refractivity contribution in [2.75, 3.05) is 5.32 Å². The van der Waals surface area contributed by atoms with E-state index in [9.17, 15) is 13.2 Å². The normalized spacial score (nSPS) is 15.6. The number of fused-ring (bicyclic) bond motifs is 1. The lowest BCUT2D eigenvalue weighted by atomic mass is 10.1. The molecule has 0 aliphatic carbocycles. The van der Waals surface area contributed by atoms with Crippen LogP contribution in [0.15, 0.2) is 64.4 Å². The molecule has 0 radical (unpaired) electrons. The summed E-state index contributed by atoms with van der Waals surface area (Å²) in [5, 5.41) is 2.55. The number of carbonyl (C=O) groups excluding carboxylic acids is 1. The molecule has 0 unspecified atom stereocenters. The highest BCUT2D eigenvalue weighted by Gasteiger charge is 2.38. The maximum atomic E-state index is 12.4. The van der Waals surface area contributed by atoms with Gasteiger partial charge in [-0.05, 0) is 18.2 Å². The molecule has 2 aromatic rings. The van der Waals surface area contributed by atoms with Gasteiger partial charge in [0.1, 0.15) is 0 Å². The van der Waals surface area contributed by atoms with Crippen molar-refractivity contribution in [3.63, 3.8) is 0 Å². The molecule has 21 heavy (non-hydrogen) atoms. The molecule has 5 nitrogen and oxygen atoms in total. The van der Waals surface area contributed by atoms with Crippen molar-refractivity contribution >= 4 is 27.1 Å². The van der Waals surface area contributed by atoms with Crippen LogP contribution in [0.5, 0.6) is 0 Å². The summed E-state index contributed by atoms with van der Waals surface area (Å²) in [6.45, 7) is 0. The molecule has 0 fully saturated rings. The summed E-state index contributed by atoms with van der Waals surface area (Å²) in [6, 6.07) is 14.9. The topological polar surface area (TPSA) is 89.3 Å².